The summed E-state index contributed by atoms with van der Waals surface area (Å²) in [6.07, 6.45) is 4.76. The van der Waals surface area contributed by atoms with E-state index in [-0.39, 0.29) is 23.6 Å². The van der Waals surface area contributed by atoms with Gasteiger partial charge in [-0.15, -0.1) is 11.8 Å². The Kier molecular flexibility index (Phi) is 5.50. The van der Waals surface area contributed by atoms with Crippen LogP contribution in [-0.4, -0.2) is 63.0 Å². The number of aliphatic hydroxyl groups excluding tert-OH is 1. The van der Waals surface area contributed by atoms with Crippen molar-refractivity contribution in [2.24, 2.45) is 23.5 Å². The van der Waals surface area contributed by atoms with E-state index < -0.39 is 18.0 Å². The summed E-state index contributed by atoms with van der Waals surface area (Å²) in [5.41, 5.74) is 6.17. The fraction of sp³-hybridized carbons (Fsp3) is 0.800. The molecule has 0 spiro atoms. The Labute approximate surface area is 170 Å². The summed E-state index contributed by atoms with van der Waals surface area (Å²) in [4.78, 5) is 26.6. The summed E-state index contributed by atoms with van der Waals surface area (Å²) in [6.45, 7) is 4.46. The van der Waals surface area contributed by atoms with E-state index in [1.807, 2.05) is 6.92 Å². The standard InChI is InChI=1S/C20H31N3O4S/c1-9-16-15(10(2)24)19(25)23(16)17(20(26)27)18(9)28-13-7-14(22-8-13)11-3-5-12(21)6-4-11/h9-16,22,24H,3-8,21H2,1-2H3,(H,26,27)/t9-,10-,11?,12?,13+,14-,15-,16-/m1/s1. The summed E-state index contributed by atoms with van der Waals surface area (Å²) in [6, 6.07) is 0.583. The minimum atomic E-state index is -1.04. The molecule has 6 atom stereocenters. The summed E-state index contributed by atoms with van der Waals surface area (Å²) < 4.78 is 0. The Balaban J connectivity index is 1.45. The topological polar surface area (TPSA) is 116 Å². The van der Waals surface area contributed by atoms with Gasteiger partial charge in [-0.05, 0) is 44.9 Å². The van der Waals surface area contributed by atoms with Crippen molar-refractivity contribution in [3.63, 3.8) is 0 Å². The highest BCUT2D eigenvalue weighted by Crippen LogP contribution is 2.52. The molecule has 3 heterocycles. The number of hydrogen-bond donors (Lipinski definition) is 4. The van der Waals surface area contributed by atoms with Crippen LogP contribution < -0.4 is 11.1 Å². The fourth-order valence-corrected chi connectivity index (χ4v) is 7.08. The molecule has 5 N–H and O–H groups in total. The normalized spacial score (nSPS) is 41.8. The Morgan fingerprint density at radius 3 is 2.61 bits per heavy atom. The zero-order valence-corrected chi connectivity index (χ0v) is 17.3. The van der Waals surface area contributed by atoms with Gasteiger partial charge < -0.3 is 26.2 Å². The molecule has 4 rings (SSSR count). The van der Waals surface area contributed by atoms with Crippen LogP contribution in [-0.2, 0) is 9.59 Å². The molecule has 3 aliphatic heterocycles. The summed E-state index contributed by atoms with van der Waals surface area (Å²) in [5, 5.41) is 23.7. The average Bonchev–Trinajstić information content (AvgIpc) is 3.18. The number of thioether (sulfide) groups is 1. The molecule has 1 saturated carbocycles. The third-order valence-electron chi connectivity index (χ3n) is 7.11. The molecule has 0 unspecified atom stereocenters. The van der Waals surface area contributed by atoms with Crippen LogP contribution in [0.3, 0.4) is 0 Å². The SMILES string of the molecule is C[C@@H](O)[C@H]1C(=O)N2C(C(=O)O)=C(S[C@@H]3CN[C@@H](C4CCC(N)CC4)C3)[C@H](C)[C@H]12. The van der Waals surface area contributed by atoms with E-state index in [0.29, 0.717) is 23.3 Å². The maximum atomic E-state index is 12.4. The van der Waals surface area contributed by atoms with Gasteiger partial charge in [-0.2, -0.15) is 0 Å². The molecule has 156 valence electrons. The van der Waals surface area contributed by atoms with Crippen LogP contribution >= 0.6 is 11.8 Å². The van der Waals surface area contributed by atoms with E-state index in [4.69, 9.17) is 5.73 Å². The van der Waals surface area contributed by atoms with Crippen molar-refractivity contribution in [2.45, 2.75) is 75.4 Å². The zero-order valence-electron chi connectivity index (χ0n) is 16.5. The molecule has 0 aromatic carbocycles. The van der Waals surface area contributed by atoms with Crippen molar-refractivity contribution in [3.05, 3.63) is 10.6 Å². The number of amides is 1. The molecule has 1 aliphatic carbocycles. The zero-order chi connectivity index (χ0) is 20.2. The van der Waals surface area contributed by atoms with Gasteiger partial charge in [0.15, 0.2) is 0 Å². The van der Waals surface area contributed by atoms with Crippen LogP contribution in [0.25, 0.3) is 0 Å². The predicted molar refractivity (Wildman–Crippen MR) is 107 cm³/mol. The highest BCUT2D eigenvalue weighted by atomic mass is 32.2. The Bertz CT molecular complexity index is 689. The van der Waals surface area contributed by atoms with Crippen molar-refractivity contribution >= 4 is 23.6 Å². The monoisotopic (exact) mass is 409 g/mol. The molecule has 0 radical (unpaired) electrons. The van der Waals surface area contributed by atoms with E-state index in [1.165, 1.54) is 4.90 Å². The molecule has 0 aromatic heterocycles. The number of β-lactam (4-membered cyclic amide) rings is 1. The first-order valence-electron chi connectivity index (χ1n) is 10.4. The molecule has 8 heteroatoms. The number of rotatable bonds is 5. The number of carboxylic acids is 1. The van der Waals surface area contributed by atoms with Crippen LogP contribution in [0, 0.1) is 17.8 Å². The lowest BCUT2D eigenvalue weighted by Crippen LogP contribution is -2.63. The van der Waals surface area contributed by atoms with Crippen LogP contribution in [0.5, 0.6) is 0 Å². The molecule has 4 aliphatic rings. The van der Waals surface area contributed by atoms with Gasteiger partial charge in [0.05, 0.1) is 18.1 Å². The highest BCUT2D eigenvalue weighted by molar-refractivity contribution is 8.03. The van der Waals surface area contributed by atoms with Crippen LogP contribution in [0.2, 0.25) is 0 Å². The van der Waals surface area contributed by atoms with Crippen molar-refractivity contribution in [1.29, 1.82) is 0 Å². The smallest absolute Gasteiger partial charge is 0.353 e. The molecule has 2 saturated heterocycles. The van der Waals surface area contributed by atoms with E-state index in [9.17, 15) is 19.8 Å². The van der Waals surface area contributed by atoms with Gasteiger partial charge in [0.2, 0.25) is 5.91 Å². The lowest BCUT2D eigenvalue weighted by atomic mass is 9.79. The number of fused-ring (bicyclic) bond motifs is 1. The van der Waals surface area contributed by atoms with Gasteiger partial charge in [0.1, 0.15) is 5.70 Å². The second kappa shape index (κ2) is 7.63. The minimum Gasteiger partial charge on any atom is -0.477 e. The Morgan fingerprint density at radius 1 is 1.32 bits per heavy atom. The van der Waals surface area contributed by atoms with E-state index in [0.717, 1.165) is 43.6 Å². The number of carbonyl (C=O) groups excluding carboxylic acids is 1. The number of aliphatic hydroxyl groups is 1. The number of hydrogen-bond acceptors (Lipinski definition) is 6. The summed E-state index contributed by atoms with van der Waals surface area (Å²) in [7, 11) is 0. The quantitative estimate of drug-likeness (QED) is 0.503. The lowest BCUT2D eigenvalue weighted by molar-refractivity contribution is -0.163. The highest BCUT2D eigenvalue weighted by Gasteiger charge is 2.60. The molecular weight excluding hydrogens is 378 g/mol. The van der Waals surface area contributed by atoms with Gasteiger partial charge in [-0.3, -0.25) is 4.79 Å². The van der Waals surface area contributed by atoms with Crippen molar-refractivity contribution in [3.8, 4) is 0 Å². The van der Waals surface area contributed by atoms with Gasteiger partial charge in [-0.25, -0.2) is 4.79 Å². The summed E-state index contributed by atoms with van der Waals surface area (Å²) >= 11 is 1.63. The molecule has 28 heavy (non-hydrogen) atoms. The minimum absolute atomic E-state index is 0.0554. The molecule has 3 fully saturated rings. The van der Waals surface area contributed by atoms with Gasteiger partial charge in [-0.1, -0.05) is 6.92 Å². The van der Waals surface area contributed by atoms with Crippen molar-refractivity contribution < 1.29 is 19.8 Å². The fourth-order valence-electron chi connectivity index (χ4n) is 5.59. The Morgan fingerprint density at radius 2 is 2.00 bits per heavy atom. The number of nitrogens with two attached hydrogens (primary N) is 1. The van der Waals surface area contributed by atoms with Gasteiger partial charge >= 0.3 is 5.97 Å². The maximum absolute atomic E-state index is 12.4. The first-order valence-corrected chi connectivity index (χ1v) is 11.3. The number of aliphatic carboxylic acids is 1. The number of nitrogens with one attached hydrogen (secondary N) is 1. The molecule has 1 amide bonds. The van der Waals surface area contributed by atoms with Crippen LogP contribution in [0.4, 0.5) is 0 Å². The lowest BCUT2D eigenvalue weighted by Gasteiger charge is -2.46. The van der Waals surface area contributed by atoms with Crippen LogP contribution in [0.1, 0.15) is 46.0 Å². The first kappa shape index (κ1) is 20.2. The second-order valence-electron chi connectivity index (χ2n) is 8.94. The average molecular weight is 410 g/mol. The molecule has 0 bridgehead atoms. The second-order valence-corrected chi connectivity index (χ2v) is 10.3. The predicted octanol–water partition coefficient (Wildman–Crippen LogP) is 1.12. The van der Waals surface area contributed by atoms with Gasteiger partial charge in [0, 0.05) is 34.7 Å². The van der Waals surface area contributed by atoms with E-state index in [1.54, 1.807) is 18.7 Å². The van der Waals surface area contributed by atoms with E-state index >= 15 is 0 Å². The van der Waals surface area contributed by atoms with Crippen LogP contribution in [0.15, 0.2) is 10.6 Å². The Hall–Kier alpha value is -1.09. The molecule has 0 aromatic rings. The third kappa shape index (κ3) is 3.28. The largest absolute Gasteiger partial charge is 0.477 e. The number of carbonyl (C=O) groups is 2. The van der Waals surface area contributed by atoms with Crippen molar-refractivity contribution in [2.75, 3.05) is 6.54 Å². The third-order valence-corrected chi connectivity index (χ3v) is 8.63. The summed E-state index contributed by atoms with van der Waals surface area (Å²) in [5.74, 6) is -1.21. The molecular formula is C20H31N3O4S. The van der Waals surface area contributed by atoms with Gasteiger partial charge in [0.25, 0.3) is 0 Å². The number of nitrogens with zero attached hydrogens (tertiary/aromatic N) is 1. The van der Waals surface area contributed by atoms with E-state index in [2.05, 4.69) is 5.32 Å². The first-order chi connectivity index (χ1) is 13.3. The molecule has 7 nitrogen and oxygen atoms in total. The maximum Gasteiger partial charge on any atom is 0.353 e. The number of carboxylic acid groups (broad SMARTS) is 1. The van der Waals surface area contributed by atoms with Crippen molar-refractivity contribution in [1.82, 2.24) is 10.2 Å².